The summed E-state index contributed by atoms with van der Waals surface area (Å²) in [5.41, 5.74) is 1.02. The molecule has 0 saturated heterocycles. The lowest BCUT2D eigenvalue weighted by Crippen LogP contribution is -2.38. The fraction of sp³-hybridized carbons (Fsp3) is 0.400. The number of amides is 2. The van der Waals surface area contributed by atoms with Gasteiger partial charge in [-0.05, 0) is 62.1 Å². The summed E-state index contributed by atoms with van der Waals surface area (Å²) in [5.74, 6) is 0.0703. The van der Waals surface area contributed by atoms with Crippen molar-refractivity contribution in [3.05, 3.63) is 58.7 Å². The van der Waals surface area contributed by atoms with Crippen molar-refractivity contribution in [1.82, 2.24) is 24.6 Å². The molecular formula is C25H24F4N6O3. The maximum absolute atomic E-state index is 14.8. The van der Waals surface area contributed by atoms with Gasteiger partial charge in [-0.2, -0.15) is 13.2 Å². The number of aryl methyl sites for hydroxylation is 1. The molecule has 0 aliphatic carbocycles. The number of hydrogen-bond acceptors (Lipinski definition) is 6. The van der Waals surface area contributed by atoms with Gasteiger partial charge in [-0.1, -0.05) is 6.07 Å². The number of pyridine rings is 1. The van der Waals surface area contributed by atoms with Crippen molar-refractivity contribution < 1.29 is 31.9 Å². The Balaban J connectivity index is 1.33. The van der Waals surface area contributed by atoms with Gasteiger partial charge in [-0.3, -0.25) is 4.79 Å². The van der Waals surface area contributed by atoms with Crippen molar-refractivity contribution in [2.45, 2.75) is 51.4 Å². The first-order chi connectivity index (χ1) is 17.9. The minimum atomic E-state index is -4.65. The Morgan fingerprint density at radius 2 is 1.92 bits per heavy atom. The highest BCUT2D eigenvalue weighted by Gasteiger charge is 2.34. The molecule has 0 bridgehead atoms. The van der Waals surface area contributed by atoms with E-state index in [2.05, 4.69) is 39.1 Å². The molecule has 0 fully saturated rings. The van der Waals surface area contributed by atoms with Crippen LogP contribution in [0.15, 0.2) is 30.3 Å². The van der Waals surface area contributed by atoms with Crippen molar-refractivity contribution in [3.8, 4) is 11.5 Å². The minimum absolute atomic E-state index is 0.0640. The zero-order valence-corrected chi connectivity index (χ0v) is 20.6. The average molecular weight is 532 g/mol. The van der Waals surface area contributed by atoms with Crippen LogP contribution in [0.25, 0.3) is 11.5 Å². The van der Waals surface area contributed by atoms with Gasteiger partial charge >= 0.3 is 12.3 Å². The van der Waals surface area contributed by atoms with E-state index in [1.807, 2.05) is 4.57 Å². The number of aromatic nitrogens is 4. The fourth-order valence-electron chi connectivity index (χ4n) is 4.77. The minimum Gasteiger partial charge on any atom is -0.440 e. The molecule has 2 amide bonds. The van der Waals surface area contributed by atoms with E-state index < -0.39 is 30.6 Å². The van der Waals surface area contributed by atoms with E-state index in [0.717, 1.165) is 23.6 Å². The Morgan fingerprint density at radius 1 is 1.13 bits per heavy atom. The third kappa shape index (κ3) is 5.04. The van der Waals surface area contributed by atoms with Gasteiger partial charge in [-0.25, -0.2) is 14.2 Å². The number of anilines is 1. The normalized spacial score (nSPS) is 16.1. The summed E-state index contributed by atoms with van der Waals surface area (Å²) in [6, 6.07) is 7.49. The average Bonchev–Trinajstić information content (AvgIpc) is 3.42. The molecule has 0 spiro atoms. The molecule has 0 unspecified atom stereocenters. The summed E-state index contributed by atoms with van der Waals surface area (Å²) in [5, 5.41) is 11.1. The number of carbonyl (C=O) groups is 2. The predicted molar refractivity (Wildman–Crippen MR) is 127 cm³/mol. The zero-order chi connectivity index (χ0) is 27.2. The molecule has 4 heterocycles. The molecule has 200 valence electrons. The van der Waals surface area contributed by atoms with Crippen LogP contribution < -0.4 is 5.32 Å². The first-order valence-corrected chi connectivity index (χ1v) is 11.9. The molecule has 2 aromatic heterocycles. The molecule has 2 aliphatic heterocycles. The number of ether oxygens (including phenoxy) is 1. The molecule has 1 N–H and O–H groups in total. The number of carbonyl (C=O) groups excluding carboxylic acids is 2. The molecular weight excluding hydrogens is 508 g/mol. The Morgan fingerprint density at radius 3 is 2.68 bits per heavy atom. The van der Waals surface area contributed by atoms with Crippen LogP contribution in [0, 0.1) is 5.82 Å². The van der Waals surface area contributed by atoms with Crippen LogP contribution in [0.2, 0.25) is 0 Å². The number of fused-ring (bicyclic) bond motifs is 2. The van der Waals surface area contributed by atoms with Crippen molar-refractivity contribution in [2.24, 2.45) is 0 Å². The van der Waals surface area contributed by atoms with E-state index in [9.17, 15) is 27.2 Å². The molecule has 0 atom stereocenters. The van der Waals surface area contributed by atoms with Crippen molar-refractivity contribution in [3.63, 3.8) is 0 Å². The summed E-state index contributed by atoms with van der Waals surface area (Å²) in [4.78, 5) is 30.6. The van der Waals surface area contributed by atoms with E-state index in [-0.39, 0.29) is 36.4 Å². The second-order valence-corrected chi connectivity index (χ2v) is 9.89. The molecule has 0 saturated carbocycles. The first-order valence-electron chi connectivity index (χ1n) is 11.9. The summed E-state index contributed by atoms with van der Waals surface area (Å²) in [6.45, 7) is 2.41. The standard InChI is InChI=1S/C25H24F4N6O3/c1-24(2)8-6-20-32-33-21(35(20)24)18-4-3-5-19(30-18)31-22(36)16-10-15-12-34(9-7-14(15)11-17(16)26)23(37)38-13-25(27,28)29/h3-5,10-11H,6-9,12-13H2,1-2H3,(H,30,31,36). The summed E-state index contributed by atoms with van der Waals surface area (Å²) in [6.07, 6.45) is -3.86. The summed E-state index contributed by atoms with van der Waals surface area (Å²) in [7, 11) is 0. The van der Waals surface area contributed by atoms with E-state index >= 15 is 0 Å². The number of halogens is 4. The molecule has 0 radical (unpaired) electrons. The third-order valence-electron chi connectivity index (χ3n) is 6.68. The molecule has 38 heavy (non-hydrogen) atoms. The molecule has 1 aromatic carbocycles. The zero-order valence-electron chi connectivity index (χ0n) is 20.6. The second-order valence-electron chi connectivity index (χ2n) is 9.89. The number of nitrogens with zero attached hydrogens (tertiary/aromatic N) is 5. The van der Waals surface area contributed by atoms with Crippen molar-refractivity contribution >= 4 is 17.8 Å². The Hall–Kier alpha value is -4.03. The predicted octanol–water partition coefficient (Wildman–Crippen LogP) is 4.47. The Labute approximate surface area is 214 Å². The third-order valence-corrected chi connectivity index (χ3v) is 6.68. The van der Waals surface area contributed by atoms with Gasteiger partial charge in [0.1, 0.15) is 23.2 Å². The van der Waals surface area contributed by atoms with Crippen molar-refractivity contribution in [2.75, 3.05) is 18.5 Å². The lowest BCUT2D eigenvalue weighted by molar-refractivity contribution is -0.162. The van der Waals surface area contributed by atoms with Crippen LogP contribution in [0.1, 0.15) is 47.6 Å². The van der Waals surface area contributed by atoms with Gasteiger partial charge in [-0.15, -0.1) is 10.2 Å². The monoisotopic (exact) mass is 532 g/mol. The molecule has 5 rings (SSSR count). The van der Waals surface area contributed by atoms with Crippen LogP contribution >= 0.6 is 0 Å². The highest BCUT2D eigenvalue weighted by Crippen LogP contribution is 2.35. The smallest absolute Gasteiger partial charge is 0.422 e. The summed E-state index contributed by atoms with van der Waals surface area (Å²) < 4.78 is 58.3. The van der Waals surface area contributed by atoms with Crippen LogP contribution in [-0.2, 0) is 29.7 Å². The van der Waals surface area contributed by atoms with E-state index in [0.29, 0.717) is 22.6 Å². The molecule has 2 aliphatic rings. The number of benzene rings is 1. The second kappa shape index (κ2) is 9.37. The van der Waals surface area contributed by atoms with Crippen LogP contribution in [0.5, 0.6) is 0 Å². The number of rotatable bonds is 4. The fourth-order valence-corrected chi connectivity index (χ4v) is 4.77. The lowest BCUT2D eigenvalue weighted by Gasteiger charge is -2.28. The maximum atomic E-state index is 14.8. The Kier molecular flexibility index (Phi) is 6.32. The van der Waals surface area contributed by atoms with Crippen LogP contribution in [0.3, 0.4) is 0 Å². The van der Waals surface area contributed by atoms with Crippen molar-refractivity contribution in [1.29, 1.82) is 0 Å². The van der Waals surface area contributed by atoms with E-state index in [1.54, 1.807) is 18.2 Å². The maximum Gasteiger partial charge on any atom is 0.422 e. The highest BCUT2D eigenvalue weighted by molar-refractivity contribution is 6.04. The van der Waals surface area contributed by atoms with Gasteiger partial charge in [0.05, 0.1) is 5.56 Å². The van der Waals surface area contributed by atoms with Gasteiger partial charge in [0.15, 0.2) is 12.4 Å². The first kappa shape index (κ1) is 25.6. The van der Waals surface area contributed by atoms with E-state index in [1.165, 1.54) is 12.1 Å². The largest absolute Gasteiger partial charge is 0.440 e. The summed E-state index contributed by atoms with van der Waals surface area (Å²) >= 11 is 0. The van der Waals surface area contributed by atoms with Gasteiger partial charge in [0, 0.05) is 25.0 Å². The highest BCUT2D eigenvalue weighted by atomic mass is 19.4. The quantitative estimate of drug-likeness (QED) is 0.498. The van der Waals surface area contributed by atoms with Gasteiger partial charge < -0.3 is 19.5 Å². The lowest BCUT2D eigenvalue weighted by atomic mass is 9.97. The number of hydrogen-bond donors (Lipinski definition) is 1. The van der Waals surface area contributed by atoms with Gasteiger partial charge in [0.2, 0.25) is 0 Å². The SMILES string of the molecule is CC1(C)CCc2nnc(-c3cccc(NC(=O)c4cc5c(cc4F)CCN(C(=O)OCC(F)(F)F)C5)n3)n21. The molecule has 13 heteroatoms. The van der Waals surface area contributed by atoms with E-state index in [4.69, 9.17) is 0 Å². The number of alkyl halides is 3. The Bertz CT molecular complexity index is 1420. The molecule has 9 nitrogen and oxygen atoms in total. The van der Waals surface area contributed by atoms with Crippen LogP contribution in [0.4, 0.5) is 28.2 Å². The van der Waals surface area contributed by atoms with Crippen LogP contribution in [-0.4, -0.2) is 56.0 Å². The number of nitrogens with one attached hydrogen (secondary N) is 1. The topological polar surface area (TPSA) is 102 Å². The molecule has 3 aromatic rings. The van der Waals surface area contributed by atoms with Gasteiger partial charge in [0.25, 0.3) is 5.91 Å².